The second kappa shape index (κ2) is 10.3. The molecule has 0 atom stereocenters. The lowest BCUT2D eigenvalue weighted by Crippen LogP contribution is -2.11. The maximum Gasteiger partial charge on any atom is 0.165 e. The smallest absolute Gasteiger partial charge is 0.165 e. The van der Waals surface area contributed by atoms with Gasteiger partial charge in [-0.3, -0.25) is 4.98 Å². The van der Waals surface area contributed by atoms with Gasteiger partial charge in [0.15, 0.2) is 11.5 Å². The minimum atomic E-state index is 0.309. The topological polar surface area (TPSA) is 82.0 Å². The van der Waals surface area contributed by atoms with Crippen LogP contribution in [0.3, 0.4) is 0 Å². The molecule has 0 radical (unpaired) electrons. The zero-order valence-corrected chi connectivity index (χ0v) is 18.8. The number of pyridine rings is 2. The summed E-state index contributed by atoms with van der Waals surface area (Å²) in [5.74, 6) is 2.15. The Morgan fingerprint density at radius 3 is 2.69 bits per heavy atom. The summed E-state index contributed by atoms with van der Waals surface area (Å²) >= 11 is 6.31. The summed E-state index contributed by atoms with van der Waals surface area (Å²) in [6.07, 6.45) is 2.48. The van der Waals surface area contributed by atoms with E-state index >= 15 is 0 Å². The van der Waals surface area contributed by atoms with Crippen molar-refractivity contribution >= 4 is 28.5 Å². The van der Waals surface area contributed by atoms with Gasteiger partial charge in [-0.1, -0.05) is 29.8 Å². The molecule has 0 amide bonds. The second-order valence-electron chi connectivity index (χ2n) is 7.02. The minimum absolute atomic E-state index is 0.309. The van der Waals surface area contributed by atoms with Crippen LogP contribution in [0.1, 0.15) is 18.3 Å². The molecule has 32 heavy (non-hydrogen) atoms. The van der Waals surface area contributed by atoms with Gasteiger partial charge in [0.1, 0.15) is 23.9 Å². The summed E-state index contributed by atoms with van der Waals surface area (Å²) in [6, 6.07) is 15.4. The zero-order chi connectivity index (χ0) is 22.3. The molecule has 1 N–H and O–H groups in total. The molecule has 164 valence electrons. The molecule has 3 heterocycles. The van der Waals surface area contributed by atoms with Crippen LogP contribution in [0.15, 0.2) is 54.7 Å². The number of nitrogens with one attached hydrogen (secondary N) is 1. The molecule has 0 bridgehead atoms. The van der Waals surface area contributed by atoms with E-state index in [-0.39, 0.29) is 0 Å². The summed E-state index contributed by atoms with van der Waals surface area (Å²) in [4.78, 5) is 18.4. The molecule has 0 aliphatic rings. The van der Waals surface area contributed by atoms with E-state index < -0.39 is 0 Å². The van der Waals surface area contributed by atoms with Crippen molar-refractivity contribution in [2.75, 3.05) is 25.6 Å². The van der Waals surface area contributed by atoms with E-state index in [4.69, 9.17) is 26.1 Å². The Labute approximate surface area is 191 Å². The molecule has 0 saturated heterocycles. The summed E-state index contributed by atoms with van der Waals surface area (Å²) in [5.41, 5.74) is 2.96. The molecule has 4 rings (SSSR count). The Kier molecular flexibility index (Phi) is 7.09. The van der Waals surface area contributed by atoms with E-state index in [0.29, 0.717) is 53.5 Å². The van der Waals surface area contributed by atoms with Gasteiger partial charge >= 0.3 is 0 Å². The van der Waals surface area contributed by atoms with E-state index in [1.807, 2.05) is 37.3 Å². The van der Waals surface area contributed by atoms with Crippen molar-refractivity contribution in [2.24, 2.45) is 0 Å². The third-order valence-corrected chi connectivity index (χ3v) is 5.23. The Bertz CT molecular complexity index is 1220. The van der Waals surface area contributed by atoms with E-state index in [9.17, 15) is 0 Å². The number of nitrogens with zero attached hydrogens (tertiary/aromatic N) is 4. The van der Waals surface area contributed by atoms with Crippen LogP contribution in [0.4, 0.5) is 5.82 Å². The van der Waals surface area contributed by atoms with Crippen molar-refractivity contribution in [1.29, 1.82) is 0 Å². The minimum Gasteiger partial charge on any atom is -0.496 e. The lowest BCUT2D eigenvalue weighted by Gasteiger charge is -2.13. The van der Waals surface area contributed by atoms with E-state index in [0.717, 1.165) is 23.1 Å². The highest BCUT2D eigenvalue weighted by molar-refractivity contribution is 6.32. The lowest BCUT2D eigenvalue weighted by atomic mass is 10.1. The molecule has 4 aromatic rings. The number of aromatic nitrogens is 4. The van der Waals surface area contributed by atoms with Gasteiger partial charge in [-0.05, 0) is 49.2 Å². The SMILES string of the molecule is CCOCc1nc(NCCc2ccccc2OC)c2ccc(-c3ncccc3Cl)nc2n1. The number of methoxy groups -OCH3 is 1. The number of hydrogen-bond donors (Lipinski definition) is 1. The quantitative estimate of drug-likeness (QED) is 0.387. The van der Waals surface area contributed by atoms with Crippen molar-refractivity contribution in [2.45, 2.75) is 20.0 Å². The second-order valence-corrected chi connectivity index (χ2v) is 7.42. The normalized spacial score (nSPS) is 11.0. The number of halogens is 1. The molecule has 8 heteroatoms. The number of rotatable bonds is 9. The Morgan fingerprint density at radius 1 is 1.00 bits per heavy atom. The van der Waals surface area contributed by atoms with Crippen molar-refractivity contribution < 1.29 is 9.47 Å². The first-order valence-corrected chi connectivity index (χ1v) is 10.8. The fraction of sp³-hybridized carbons (Fsp3) is 0.250. The molecule has 0 aliphatic heterocycles. The third kappa shape index (κ3) is 4.95. The highest BCUT2D eigenvalue weighted by Gasteiger charge is 2.13. The van der Waals surface area contributed by atoms with Gasteiger partial charge in [-0.2, -0.15) is 0 Å². The number of para-hydroxylation sites is 1. The van der Waals surface area contributed by atoms with Crippen LogP contribution >= 0.6 is 11.6 Å². The van der Waals surface area contributed by atoms with E-state index in [1.54, 1.807) is 25.4 Å². The van der Waals surface area contributed by atoms with E-state index in [2.05, 4.69) is 26.3 Å². The Hall–Kier alpha value is -3.29. The Balaban J connectivity index is 1.65. The molecular weight excluding hydrogens is 426 g/mol. The van der Waals surface area contributed by atoms with Gasteiger partial charge in [-0.15, -0.1) is 0 Å². The molecule has 1 aromatic carbocycles. The number of anilines is 1. The van der Waals surface area contributed by atoms with Crippen LogP contribution in [0.5, 0.6) is 5.75 Å². The number of benzene rings is 1. The van der Waals surface area contributed by atoms with Gasteiger partial charge < -0.3 is 14.8 Å². The van der Waals surface area contributed by atoms with Crippen molar-refractivity contribution in [3.63, 3.8) is 0 Å². The van der Waals surface area contributed by atoms with Gasteiger partial charge in [0, 0.05) is 19.3 Å². The van der Waals surface area contributed by atoms with Gasteiger partial charge in [0.25, 0.3) is 0 Å². The molecule has 0 spiro atoms. The predicted molar refractivity (Wildman–Crippen MR) is 126 cm³/mol. The van der Waals surface area contributed by atoms with Crippen molar-refractivity contribution in [3.05, 3.63) is 71.1 Å². The maximum atomic E-state index is 6.31. The first-order chi connectivity index (χ1) is 15.7. The maximum absolute atomic E-state index is 6.31. The molecule has 0 fully saturated rings. The van der Waals surface area contributed by atoms with Crippen LogP contribution in [-0.2, 0) is 17.8 Å². The van der Waals surface area contributed by atoms with Crippen LogP contribution in [0.25, 0.3) is 22.4 Å². The van der Waals surface area contributed by atoms with Crippen molar-refractivity contribution in [1.82, 2.24) is 19.9 Å². The number of ether oxygens (including phenoxy) is 2. The highest BCUT2D eigenvalue weighted by atomic mass is 35.5. The first-order valence-electron chi connectivity index (χ1n) is 10.4. The highest BCUT2D eigenvalue weighted by Crippen LogP contribution is 2.27. The van der Waals surface area contributed by atoms with Gasteiger partial charge in [0.05, 0.1) is 23.2 Å². The number of hydrogen-bond acceptors (Lipinski definition) is 7. The van der Waals surface area contributed by atoms with Crippen LogP contribution in [0, 0.1) is 0 Å². The molecular formula is C24H24ClN5O2. The molecule has 0 aliphatic carbocycles. The van der Waals surface area contributed by atoms with Gasteiger partial charge in [-0.25, -0.2) is 15.0 Å². The summed E-state index contributed by atoms with van der Waals surface area (Å²) in [5, 5.41) is 4.79. The molecule has 0 saturated carbocycles. The molecule has 0 unspecified atom stereocenters. The summed E-state index contributed by atoms with van der Waals surface area (Å²) in [6.45, 7) is 3.50. The predicted octanol–water partition coefficient (Wildman–Crippen LogP) is 4.94. The average Bonchev–Trinajstić information content (AvgIpc) is 2.83. The van der Waals surface area contributed by atoms with Gasteiger partial charge in [0.2, 0.25) is 0 Å². The van der Waals surface area contributed by atoms with Crippen LogP contribution in [0.2, 0.25) is 5.02 Å². The lowest BCUT2D eigenvalue weighted by molar-refractivity contribution is 0.128. The first kappa shape index (κ1) is 21.9. The van der Waals surface area contributed by atoms with Crippen LogP contribution in [-0.4, -0.2) is 40.2 Å². The van der Waals surface area contributed by atoms with Crippen molar-refractivity contribution in [3.8, 4) is 17.1 Å². The fourth-order valence-electron chi connectivity index (χ4n) is 3.38. The zero-order valence-electron chi connectivity index (χ0n) is 18.0. The van der Waals surface area contributed by atoms with Crippen LogP contribution < -0.4 is 10.1 Å². The summed E-state index contributed by atoms with van der Waals surface area (Å²) in [7, 11) is 1.68. The largest absolute Gasteiger partial charge is 0.496 e. The third-order valence-electron chi connectivity index (χ3n) is 4.92. The molecule has 7 nitrogen and oxygen atoms in total. The Morgan fingerprint density at radius 2 is 1.88 bits per heavy atom. The monoisotopic (exact) mass is 449 g/mol. The van der Waals surface area contributed by atoms with E-state index in [1.165, 1.54) is 0 Å². The number of fused-ring (bicyclic) bond motifs is 1. The fourth-order valence-corrected chi connectivity index (χ4v) is 3.60. The standard InChI is InChI=1S/C24H24ClN5O2/c1-3-32-15-21-29-23(27-14-12-16-7-4-5-9-20(16)31-2)17-10-11-19(28-24(17)30-21)22-18(25)8-6-13-26-22/h4-11,13H,3,12,14-15H2,1-2H3,(H,27,28,29,30). The summed E-state index contributed by atoms with van der Waals surface area (Å²) < 4.78 is 11.0. The molecule has 3 aromatic heterocycles. The average molecular weight is 450 g/mol.